The van der Waals surface area contributed by atoms with Crippen LogP contribution in [0.3, 0.4) is 0 Å². The lowest BCUT2D eigenvalue weighted by Gasteiger charge is -2.09. The van der Waals surface area contributed by atoms with Crippen LogP contribution in [-0.4, -0.2) is 25.1 Å². The molecule has 4 aromatic heterocycles. The van der Waals surface area contributed by atoms with Gasteiger partial charge in [-0.3, -0.25) is 0 Å². The number of nitrogens with two attached hydrogens (primary N) is 1. The minimum atomic E-state index is -4.51. The normalized spacial score (nSPS) is 11.9. The molecule has 0 saturated heterocycles. The second-order valence-electron chi connectivity index (χ2n) is 5.86. The Bertz CT molecular complexity index is 1150. The van der Waals surface area contributed by atoms with Crippen LogP contribution in [0.1, 0.15) is 17.1 Å². The van der Waals surface area contributed by atoms with Gasteiger partial charge in [-0.25, -0.2) is 19.9 Å². The zero-order chi connectivity index (χ0) is 20.1. The fraction of sp³-hybridized carbons (Fsp3) is 0.188. The SMILES string of the molecule is Cc1noc(C)c1-c1nc(Nc2ccc(C(F)(F)F)nc2)c2nc(N)sc2n1. The summed E-state index contributed by atoms with van der Waals surface area (Å²) < 4.78 is 43.3. The number of pyridine rings is 1. The summed E-state index contributed by atoms with van der Waals surface area (Å²) in [5.41, 5.74) is 6.75. The van der Waals surface area contributed by atoms with Crippen molar-refractivity contribution in [3.8, 4) is 11.4 Å². The maximum atomic E-state index is 12.7. The van der Waals surface area contributed by atoms with Gasteiger partial charge in [0.15, 0.2) is 21.6 Å². The predicted molar refractivity (Wildman–Crippen MR) is 97.1 cm³/mol. The summed E-state index contributed by atoms with van der Waals surface area (Å²) in [4.78, 5) is 17.1. The number of aryl methyl sites for hydroxylation is 2. The summed E-state index contributed by atoms with van der Waals surface area (Å²) in [5.74, 6) is 1.17. The van der Waals surface area contributed by atoms with Crippen LogP contribution in [0.25, 0.3) is 21.7 Å². The first-order chi connectivity index (χ1) is 13.2. The molecule has 0 amide bonds. The Labute approximate surface area is 159 Å². The molecule has 4 heterocycles. The van der Waals surface area contributed by atoms with E-state index in [4.69, 9.17) is 10.3 Å². The van der Waals surface area contributed by atoms with Gasteiger partial charge < -0.3 is 15.6 Å². The maximum absolute atomic E-state index is 12.7. The van der Waals surface area contributed by atoms with Gasteiger partial charge in [0.1, 0.15) is 17.0 Å². The summed E-state index contributed by atoms with van der Waals surface area (Å²) in [6.45, 7) is 3.49. The summed E-state index contributed by atoms with van der Waals surface area (Å²) in [6.07, 6.45) is -3.44. The third-order valence-corrected chi connectivity index (χ3v) is 4.63. The van der Waals surface area contributed by atoms with Gasteiger partial charge in [0.2, 0.25) is 0 Å². The molecule has 8 nitrogen and oxygen atoms in total. The van der Waals surface area contributed by atoms with Gasteiger partial charge in [0.25, 0.3) is 0 Å². The van der Waals surface area contributed by atoms with Gasteiger partial charge >= 0.3 is 6.18 Å². The number of nitrogens with zero attached hydrogens (tertiary/aromatic N) is 5. The van der Waals surface area contributed by atoms with Crippen molar-refractivity contribution in [1.29, 1.82) is 0 Å². The molecule has 0 unspecified atom stereocenters. The molecule has 0 aliphatic rings. The Morgan fingerprint density at radius 3 is 2.54 bits per heavy atom. The van der Waals surface area contributed by atoms with E-state index < -0.39 is 11.9 Å². The lowest BCUT2D eigenvalue weighted by molar-refractivity contribution is -0.141. The van der Waals surface area contributed by atoms with Crippen molar-refractivity contribution in [2.45, 2.75) is 20.0 Å². The third-order valence-electron chi connectivity index (χ3n) is 3.85. The van der Waals surface area contributed by atoms with Gasteiger partial charge in [-0.1, -0.05) is 16.5 Å². The number of alkyl halides is 3. The van der Waals surface area contributed by atoms with E-state index in [1.54, 1.807) is 13.8 Å². The zero-order valence-corrected chi connectivity index (χ0v) is 15.3. The standard InChI is InChI=1S/C16H12F3N7OS/c1-6-10(7(2)27-26-6)12-24-13(11-14(25-12)28-15(20)23-11)22-8-3-4-9(21-5-8)16(17,18)19/h3-5H,1-2H3,(H2,20,23)(H,22,24,25). The molecule has 0 atom stereocenters. The van der Waals surface area contributed by atoms with Crippen molar-refractivity contribution in [2.24, 2.45) is 0 Å². The summed E-state index contributed by atoms with van der Waals surface area (Å²) >= 11 is 1.17. The second kappa shape index (κ2) is 6.41. The molecule has 4 rings (SSSR count). The number of thiazole rings is 1. The van der Waals surface area contributed by atoms with Crippen LogP contribution in [0.2, 0.25) is 0 Å². The van der Waals surface area contributed by atoms with E-state index in [0.29, 0.717) is 38.9 Å². The number of halogens is 3. The zero-order valence-electron chi connectivity index (χ0n) is 14.5. The predicted octanol–water partition coefficient (Wildman–Crippen LogP) is 4.10. The molecule has 0 fully saturated rings. The molecule has 12 heteroatoms. The molecule has 0 aromatic carbocycles. The number of hydrogen-bond acceptors (Lipinski definition) is 9. The minimum absolute atomic E-state index is 0.286. The Balaban J connectivity index is 1.80. The fourth-order valence-electron chi connectivity index (χ4n) is 2.61. The van der Waals surface area contributed by atoms with Crippen molar-refractivity contribution in [1.82, 2.24) is 25.1 Å². The molecule has 0 saturated carbocycles. The monoisotopic (exact) mass is 407 g/mol. The highest BCUT2D eigenvalue weighted by atomic mass is 32.1. The number of rotatable bonds is 3. The van der Waals surface area contributed by atoms with Gasteiger partial charge in [0, 0.05) is 0 Å². The molecular formula is C16H12F3N7OS. The highest BCUT2D eigenvalue weighted by Crippen LogP contribution is 2.34. The van der Waals surface area contributed by atoms with Crippen molar-refractivity contribution >= 4 is 38.3 Å². The van der Waals surface area contributed by atoms with Gasteiger partial charge in [-0.15, -0.1) is 0 Å². The lowest BCUT2D eigenvalue weighted by atomic mass is 10.2. The number of nitrogen functional groups attached to an aromatic ring is 1. The van der Waals surface area contributed by atoms with E-state index in [-0.39, 0.29) is 10.9 Å². The number of aromatic nitrogens is 5. The van der Waals surface area contributed by atoms with E-state index in [9.17, 15) is 13.2 Å². The van der Waals surface area contributed by atoms with Gasteiger partial charge in [-0.2, -0.15) is 13.2 Å². The first-order valence-corrected chi connectivity index (χ1v) is 8.71. The molecule has 0 aliphatic carbocycles. The molecule has 144 valence electrons. The van der Waals surface area contributed by atoms with E-state index in [1.165, 1.54) is 17.4 Å². The number of hydrogen-bond donors (Lipinski definition) is 2. The van der Waals surface area contributed by atoms with Crippen LogP contribution in [0.4, 0.5) is 29.8 Å². The largest absolute Gasteiger partial charge is 0.433 e. The molecule has 3 N–H and O–H groups in total. The molecular weight excluding hydrogens is 395 g/mol. The van der Waals surface area contributed by atoms with E-state index in [2.05, 4.69) is 30.4 Å². The molecule has 0 aliphatic heterocycles. The minimum Gasteiger partial charge on any atom is -0.375 e. The van der Waals surface area contributed by atoms with Crippen LogP contribution >= 0.6 is 11.3 Å². The van der Waals surface area contributed by atoms with E-state index in [0.717, 1.165) is 12.3 Å². The molecule has 0 bridgehead atoms. The first-order valence-electron chi connectivity index (χ1n) is 7.90. The Morgan fingerprint density at radius 2 is 1.93 bits per heavy atom. The highest BCUT2D eigenvalue weighted by Gasteiger charge is 2.32. The topological polar surface area (TPSA) is 116 Å². The van der Waals surface area contributed by atoms with Gasteiger partial charge in [0.05, 0.1) is 23.1 Å². The number of anilines is 3. The van der Waals surface area contributed by atoms with Crippen molar-refractivity contribution in [3.63, 3.8) is 0 Å². The first kappa shape index (κ1) is 18.1. The lowest BCUT2D eigenvalue weighted by Crippen LogP contribution is -2.08. The van der Waals surface area contributed by atoms with Crippen LogP contribution in [0.15, 0.2) is 22.9 Å². The molecule has 0 radical (unpaired) electrons. The number of nitrogens with one attached hydrogen (secondary N) is 1. The summed E-state index contributed by atoms with van der Waals surface area (Å²) in [6, 6.07) is 2.14. The van der Waals surface area contributed by atoms with Gasteiger partial charge in [-0.05, 0) is 26.0 Å². The maximum Gasteiger partial charge on any atom is 0.433 e. The Hall–Kier alpha value is -3.28. The average molecular weight is 407 g/mol. The van der Waals surface area contributed by atoms with Crippen molar-refractivity contribution in [3.05, 3.63) is 35.5 Å². The molecule has 28 heavy (non-hydrogen) atoms. The Kier molecular flexibility index (Phi) is 4.14. The van der Waals surface area contributed by atoms with Crippen LogP contribution < -0.4 is 11.1 Å². The smallest absolute Gasteiger partial charge is 0.375 e. The van der Waals surface area contributed by atoms with Crippen LogP contribution in [-0.2, 0) is 6.18 Å². The fourth-order valence-corrected chi connectivity index (χ4v) is 3.32. The summed E-state index contributed by atoms with van der Waals surface area (Å²) in [7, 11) is 0. The highest BCUT2D eigenvalue weighted by molar-refractivity contribution is 7.21. The van der Waals surface area contributed by atoms with Crippen LogP contribution in [0, 0.1) is 13.8 Å². The van der Waals surface area contributed by atoms with Crippen molar-refractivity contribution in [2.75, 3.05) is 11.1 Å². The quantitative estimate of drug-likeness (QED) is 0.522. The average Bonchev–Trinajstić information content (AvgIpc) is 3.16. The van der Waals surface area contributed by atoms with Crippen LogP contribution in [0.5, 0.6) is 0 Å². The number of fused-ring (bicyclic) bond motifs is 1. The second-order valence-corrected chi connectivity index (χ2v) is 6.86. The van der Waals surface area contributed by atoms with Crippen molar-refractivity contribution < 1.29 is 17.7 Å². The summed E-state index contributed by atoms with van der Waals surface area (Å²) in [5, 5.41) is 7.12. The molecule has 4 aromatic rings. The van der Waals surface area contributed by atoms with E-state index in [1.807, 2.05) is 0 Å². The third kappa shape index (κ3) is 3.22. The molecule has 0 spiro atoms. The Morgan fingerprint density at radius 1 is 1.14 bits per heavy atom. The van der Waals surface area contributed by atoms with E-state index >= 15 is 0 Å².